The van der Waals surface area contributed by atoms with E-state index in [1.165, 1.54) is 10.8 Å². The number of nitrogens with zero attached hydrogens (tertiary/aromatic N) is 7. The van der Waals surface area contributed by atoms with Crippen LogP contribution in [0.15, 0.2) is 28.6 Å². The van der Waals surface area contributed by atoms with E-state index < -0.39 is 4.92 Å². The summed E-state index contributed by atoms with van der Waals surface area (Å²) in [6.07, 6.45) is 1.18. The Morgan fingerprint density at radius 3 is 2.22 bits per heavy atom. The normalized spacial score (nSPS) is 12.6. The molecule has 0 unspecified atom stereocenters. The third-order valence-electron chi connectivity index (χ3n) is 4.95. The van der Waals surface area contributed by atoms with E-state index in [0.29, 0.717) is 28.3 Å². The molecule has 1 N–H and O–H groups in total. The van der Waals surface area contributed by atoms with Crippen LogP contribution in [0.4, 0.5) is 10.9 Å². The highest BCUT2D eigenvalue weighted by Gasteiger charge is 2.26. The quantitative estimate of drug-likeness (QED) is 0.308. The van der Waals surface area contributed by atoms with Gasteiger partial charge in [0.25, 0.3) is 11.0 Å². The zero-order valence-electron chi connectivity index (χ0n) is 19.2. The summed E-state index contributed by atoms with van der Waals surface area (Å²) in [5.74, 6) is 0.539. The fraction of sp³-hybridized carbons (Fsp3) is 0.476. The SMILES string of the molecule is Cn1c([N+](=O)[O-])cnc1-c1nnc(N=NCc2cc(C(C)(C)C)c(O)c(C(C)(C)C)c2)s1. The van der Waals surface area contributed by atoms with Crippen molar-refractivity contribution in [2.45, 2.75) is 58.9 Å². The second-order valence-corrected chi connectivity index (χ2v) is 10.5. The van der Waals surface area contributed by atoms with Gasteiger partial charge in [0.15, 0.2) is 0 Å². The van der Waals surface area contributed by atoms with E-state index in [0.717, 1.165) is 28.0 Å². The van der Waals surface area contributed by atoms with Crippen LogP contribution in [0.25, 0.3) is 10.8 Å². The minimum Gasteiger partial charge on any atom is -0.507 e. The number of aromatic hydroxyl groups is 1. The summed E-state index contributed by atoms with van der Waals surface area (Å²) in [7, 11) is 1.55. The Balaban J connectivity index is 1.85. The number of aromatic nitrogens is 4. The summed E-state index contributed by atoms with van der Waals surface area (Å²) in [4.78, 5) is 14.6. The van der Waals surface area contributed by atoms with E-state index in [9.17, 15) is 15.2 Å². The van der Waals surface area contributed by atoms with Gasteiger partial charge in [0.1, 0.15) is 11.9 Å². The topological polar surface area (TPSA) is 132 Å². The number of nitro groups is 1. The van der Waals surface area contributed by atoms with Gasteiger partial charge in [-0.3, -0.25) is 0 Å². The molecule has 10 nitrogen and oxygen atoms in total. The van der Waals surface area contributed by atoms with Crippen LogP contribution in [-0.4, -0.2) is 29.8 Å². The molecule has 0 saturated heterocycles. The van der Waals surface area contributed by atoms with Gasteiger partial charge in [0.05, 0.1) is 13.6 Å². The number of hydrogen-bond donors (Lipinski definition) is 1. The lowest BCUT2D eigenvalue weighted by molar-refractivity contribution is -0.391. The standard InChI is InChI=1S/C21H27N7O3S/c1-20(2,3)13-8-12(9-14(16(13)29)21(4,5)6)10-23-25-19-26-24-18(32-19)17-22-11-15(27(17)7)28(30)31/h8-9,11,29H,10H2,1-7H3. The Morgan fingerprint density at radius 1 is 1.12 bits per heavy atom. The number of phenols is 1. The molecular formula is C21H27N7O3S. The highest BCUT2D eigenvalue weighted by atomic mass is 32.1. The van der Waals surface area contributed by atoms with Crippen molar-refractivity contribution in [1.82, 2.24) is 19.7 Å². The Bertz CT molecular complexity index is 1150. The maximum absolute atomic E-state index is 11.0. The summed E-state index contributed by atoms with van der Waals surface area (Å²) >= 11 is 1.15. The molecule has 0 saturated carbocycles. The van der Waals surface area contributed by atoms with Crippen LogP contribution < -0.4 is 0 Å². The predicted molar refractivity (Wildman–Crippen MR) is 122 cm³/mol. The van der Waals surface area contributed by atoms with Gasteiger partial charge in [-0.15, -0.1) is 15.3 Å². The van der Waals surface area contributed by atoms with E-state index in [1.54, 1.807) is 7.05 Å². The van der Waals surface area contributed by atoms with Crippen molar-refractivity contribution in [3.63, 3.8) is 0 Å². The lowest BCUT2D eigenvalue weighted by Crippen LogP contribution is -2.17. The van der Waals surface area contributed by atoms with Crippen LogP contribution in [0, 0.1) is 10.1 Å². The largest absolute Gasteiger partial charge is 0.507 e. The fourth-order valence-electron chi connectivity index (χ4n) is 3.22. The summed E-state index contributed by atoms with van der Waals surface area (Å²) < 4.78 is 1.35. The maximum Gasteiger partial charge on any atom is 0.342 e. The first-order chi connectivity index (χ1) is 14.8. The van der Waals surface area contributed by atoms with Crippen LogP contribution in [-0.2, 0) is 24.4 Å². The van der Waals surface area contributed by atoms with E-state index in [-0.39, 0.29) is 16.6 Å². The van der Waals surface area contributed by atoms with Gasteiger partial charge in [-0.1, -0.05) is 52.9 Å². The lowest BCUT2D eigenvalue weighted by atomic mass is 9.78. The highest BCUT2D eigenvalue weighted by Crippen LogP contribution is 2.40. The van der Waals surface area contributed by atoms with Crippen LogP contribution >= 0.6 is 11.3 Å². The highest BCUT2D eigenvalue weighted by molar-refractivity contribution is 7.18. The average molecular weight is 458 g/mol. The predicted octanol–water partition coefficient (Wildman–Crippen LogP) is 5.43. The summed E-state index contributed by atoms with van der Waals surface area (Å²) in [5, 5.41) is 39.0. The Kier molecular flexibility index (Phi) is 6.14. The summed E-state index contributed by atoms with van der Waals surface area (Å²) in [6.45, 7) is 12.7. The molecule has 0 aliphatic carbocycles. The van der Waals surface area contributed by atoms with Gasteiger partial charge in [-0.2, -0.15) is 5.11 Å². The molecule has 1 aromatic carbocycles. The molecular weight excluding hydrogens is 430 g/mol. The molecule has 0 radical (unpaired) electrons. The fourth-order valence-corrected chi connectivity index (χ4v) is 3.94. The first-order valence-corrected chi connectivity index (χ1v) is 10.8. The Morgan fingerprint density at radius 2 is 1.72 bits per heavy atom. The molecule has 0 aliphatic heterocycles. The smallest absolute Gasteiger partial charge is 0.342 e. The molecule has 0 aliphatic rings. The molecule has 2 heterocycles. The third kappa shape index (κ3) is 4.82. The average Bonchev–Trinajstić information content (AvgIpc) is 3.27. The van der Waals surface area contributed by atoms with Crippen LogP contribution in [0.5, 0.6) is 5.75 Å². The van der Waals surface area contributed by atoms with Gasteiger partial charge in [0.2, 0.25) is 5.01 Å². The summed E-state index contributed by atoms with van der Waals surface area (Å²) in [5.41, 5.74) is 2.21. The number of benzene rings is 1. The molecule has 3 rings (SSSR count). The number of imidazole rings is 1. The van der Waals surface area contributed by atoms with Crippen molar-refractivity contribution < 1.29 is 10.0 Å². The number of azo groups is 1. The molecule has 0 fully saturated rings. The first kappa shape index (κ1) is 23.5. The molecule has 0 amide bonds. The first-order valence-electron chi connectivity index (χ1n) is 10.0. The number of rotatable bonds is 5. The number of hydrogen-bond acceptors (Lipinski definition) is 9. The second kappa shape index (κ2) is 8.38. The van der Waals surface area contributed by atoms with E-state index in [1.807, 2.05) is 12.1 Å². The third-order valence-corrected chi connectivity index (χ3v) is 5.76. The monoisotopic (exact) mass is 457 g/mol. The van der Waals surface area contributed by atoms with Crippen molar-refractivity contribution in [3.8, 4) is 16.6 Å². The van der Waals surface area contributed by atoms with Gasteiger partial charge in [-0.05, 0) is 44.6 Å². The minimum atomic E-state index is -0.506. The molecule has 0 spiro atoms. The van der Waals surface area contributed by atoms with Gasteiger partial charge < -0.3 is 15.2 Å². The molecule has 2 aromatic heterocycles. The van der Waals surface area contributed by atoms with Crippen LogP contribution in [0.3, 0.4) is 0 Å². The van der Waals surface area contributed by atoms with Crippen molar-refractivity contribution in [2.24, 2.45) is 17.3 Å². The van der Waals surface area contributed by atoms with E-state index in [2.05, 4.69) is 67.0 Å². The van der Waals surface area contributed by atoms with Crippen LogP contribution in [0.2, 0.25) is 0 Å². The van der Waals surface area contributed by atoms with Crippen molar-refractivity contribution >= 4 is 22.3 Å². The Hall–Kier alpha value is -3.21. The molecule has 3 aromatic rings. The van der Waals surface area contributed by atoms with Gasteiger partial charge in [0, 0.05) is 0 Å². The molecule has 32 heavy (non-hydrogen) atoms. The maximum atomic E-state index is 11.0. The minimum absolute atomic E-state index is 0.130. The van der Waals surface area contributed by atoms with Crippen molar-refractivity contribution in [2.75, 3.05) is 0 Å². The van der Waals surface area contributed by atoms with Crippen molar-refractivity contribution in [3.05, 3.63) is 45.1 Å². The molecule has 170 valence electrons. The number of phenolic OH excluding ortho intramolecular Hbond substituents is 1. The summed E-state index contributed by atoms with van der Waals surface area (Å²) in [6, 6.07) is 3.92. The zero-order valence-corrected chi connectivity index (χ0v) is 20.1. The van der Waals surface area contributed by atoms with E-state index >= 15 is 0 Å². The van der Waals surface area contributed by atoms with Crippen molar-refractivity contribution in [1.29, 1.82) is 0 Å². The van der Waals surface area contributed by atoms with Crippen LogP contribution in [0.1, 0.15) is 58.2 Å². The van der Waals surface area contributed by atoms with E-state index in [4.69, 9.17) is 0 Å². The van der Waals surface area contributed by atoms with Gasteiger partial charge in [-0.25, -0.2) is 9.55 Å². The zero-order chi connectivity index (χ0) is 23.8. The second-order valence-electron chi connectivity index (χ2n) is 9.59. The van der Waals surface area contributed by atoms with Gasteiger partial charge >= 0.3 is 5.82 Å². The molecule has 11 heteroatoms. The molecule has 0 bridgehead atoms. The molecule has 0 atom stereocenters. The Labute approximate surface area is 190 Å². The lowest BCUT2D eigenvalue weighted by Gasteiger charge is -2.28.